The number of nitrogens with zero attached hydrogens (tertiary/aromatic N) is 1. The number of carbonyl (C=O) groups is 2. The highest BCUT2D eigenvalue weighted by atomic mass is 16.7. The molecule has 0 aliphatic carbocycles. The third kappa shape index (κ3) is 4.46. The van der Waals surface area contributed by atoms with Gasteiger partial charge in [0.15, 0.2) is 6.29 Å². The molecule has 7 heteroatoms. The van der Waals surface area contributed by atoms with Crippen LogP contribution in [-0.4, -0.2) is 51.6 Å². The van der Waals surface area contributed by atoms with E-state index in [2.05, 4.69) is 10.6 Å². The summed E-state index contributed by atoms with van der Waals surface area (Å²) in [7, 11) is 3.01. The van der Waals surface area contributed by atoms with Crippen molar-refractivity contribution in [2.24, 2.45) is 0 Å². The molecule has 0 bridgehead atoms. The van der Waals surface area contributed by atoms with Crippen LogP contribution in [0.3, 0.4) is 0 Å². The lowest BCUT2D eigenvalue weighted by atomic mass is 10.1. The van der Waals surface area contributed by atoms with E-state index < -0.39 is 6.29 Å². The highest BCUT2D eigenvalue weighted by molar-refractivity contribution is 5.96. The minimum Gasteiger partial charge on any atom is -0.354 e. The lowest BCUT2D eigenvalue weighted by Gasteiger charge is -2.19. The molecular weight excluding hydrogens is 310 g/mol. The number of amides is 3. The molecule has 0 spiro atoms. The summed E-state index contributed by atoms with van der Waals surface area (Å²) >= 11 is 0. The number of urea groups is 1. The van der Waals surface area contributed by atoms with Crippen molar-refractivity contribution in [2.45, 2.75) is 32.6 Å². The molecule has 0 saturated carbocycles. The summed E-state index contributed by atoms with van der Waals surface area (Å²) in [6, 6.07) is 5.37. The van der Waals surface area contributed by atoms with E-state index in [1.807, 2.05) is 32.0 Å². The summed E-state index contributed by atoms with van der Waals surface area (Å²) in [6.45, 7) is 4.75. The molecule has 1 aromatic rings. The Morgan fingerprint density at radius 2 is 2.00 bits per heavy atom. The number of methoxy groups -OCH3 is 2. The van der Waals surface area contributed by atoms with Gasteiger partial charge in [-0.2, -0.15) is 0 Å². The second-order valence-electron chi connectivity index (χ2n) is 5.93. The summed E-state index contributed by atoms with van der Waals surface area (Å²) in [5, 5.41) is 5.48. The van der Waals surface area contributed by atoms with Crippen molar-refractivity contribution in [1.82, 2.24) is 10.6 Å². The molecule has 0 radical (unpaired) electrons. The molecule has 1 aromatic carbocycles. The maximum Gasteiger partial charge on any atom is 0.315 e. The summed E-state index contributed by atoms with van der Waals surface area (Å²) in [4.78, 5) is 25.9. The van der Waals surface area contributed by atoms with E-state index in [9.17, 15) is 9.59 Å². The molecule has 1 aliphatic heterocycles. The lowest BCUT2D eigenvalue weighted by Crippen LogP contribution is -2.46. The number of nitrogens with one attached hydrogen (secondary N) is 2. The Morgan fingerprint density at radius 3 is 2.62 bits per heavy atom. The van der Waals surface area contributed by atoms with E-state index in [-0.39, 0.29) is 24.5 Å². The van der Waals surface area contributed by atoms with Crippen molar-refractivity contribution in [1.29, 1.82) is 0 Å². The summed E-state index contributed by atoms with van der Waals surface area (Å²) in [5.41, 5.74) is 3.19. The lowest BCUT2D eigenvalue weighted by molar-refractivity contribution is -0.117. The minimum atomic E-state index is -0.493. The van der Waals surface area contributed by atoms with Gasteiger partial charge in [0, 0.05) is 32.9 Å². The number of rotatable bonds is 6. The van der Waals surface area contributed by atoms with E-state index in [1.165, 1.54) is 19.8 Å². The molecular formula is C17H25N3O4. The average Bonchev–Trinajstić information content (AvgIpc) is 2.91. The van der Waals surface area contributed by atoms with Crippen molar-refractivity contribution >= 4 is 17.6 Å². The normalized spacial score (nSPS) is 17.5. The van der Waals surface area contributed by atoms with Crippen LogP contribution >= 0.6 is 0 Å². The van der Waals surface area contributed by atoms with Crippen LogP contribution in [0.4, 0.5) is 10.5 Å². The predicted molar refractivity (Wildman–Crippen MR) is 91.0 cm³/mol. The van der Waals surface area contributed by atoms with Gasteiger partial charge in [0.1, 0.15) is 0 Å². The van der Waals surface area contributed by atoms with Crippen molar-refractivity contribution in [3.05, 3.63) is 29.3 Å². The molecule has 1 aliphatic rings. The average molecular weight is 335 g/mol. The van der Waals surface area contributed by atoms with Gasteiger partial charge in [0.25, 0.3) is 0 Å². The maximum absolute atomic E-state index is 12.2. The fourth-order valence-corrected chi connectivity index (χ4v) is 2.62. The molecule has 0 unspecified atom stereocenters. The van der Waals surface area contributed by atoms with Crippen LogP contribution in [0.2, 0.25) is 0 Å². The zero-order valence-corrected chi connectivity index (χ0v) is 14.6. The summed E-state index contributed by atoms with van der Waals surface area (Å²) < 4.78 is 10.0. The monoisotopic (exact) mass is 335 g/mol. The fraction of sp³-hybridized carbons (Fsp3) is 0.529. The van der Waals surface area contributed by atoms with Crippen LogP contribution in [0.15, 0.2) is 18.2 Å². The molecule has 1 saturated heterocycles. The van der Waals surface area contributed by atoms with Crippen molar-refractivity contribution in [3.8, 4) is 0 Å². The Kier molecular flexibility index (Phi) is 6.16. The minimum absolute atomic E-state index is 0.00946. The quantitative estimate of drug-likeness (QED) is 0.769. The molecule has 24 heavy (non-hydrogen) atoms. The van der Waals surface area contributed by atoms with E-state index in [4.69, 9.17) is 9.47 Å². The van der Waals surface area contributed by atoms with Gasteiger partial charge in [-0.15, -0.1) is 0 Å². The van der Waals surface area contributed by atoms with E-state index in [0.717, 1.165) is 11.3 Å². The van der Waals surface area contributed by atoms with E-state index >= 15 is 0 Å². The van der Waals surface area contributed by atoms with Crippen molar-refractivity contribution < 1.29 is 19.1 Å². The van der Waals surface area contributed by atoms with Crippen LogP contribution in [0.5, 0.6) is 0 Å². The highest BCUT2D eigenvalue weighted by Gasteiger charge is 2.31. The zero-order chi connectivity index (χ0) is 17.7. The van der Waals surface area contributed by atoms with Gasteiger partial charge in [0.2, 0.25) is 5.91 Å². The van der Waals surface area contributed by atoms with Crippen LogP contribution in [-0.2, 0) is 14.3 Å². The van der Waals surface area contributed by atoms with Crippen LogP contribution in [0.25, 0.3) is 0 Å². The fourth-order valence-electron chi connectivity index (χ4n) is 2.62. The first-order chi connectivity index (χ1) is 11.4. The van der Waals surface area contributed by atoms with Gasteiger partial charge < -0.3 is 25.0 Å². The second-order valence-corrected chi connectivity index (χ2v) is 5.93. The Labute approximate surface area is 142 Å². The Hall–Kier alpha value is -2.12. The standard InChI is InChI=1S/C17H25N3O4/c1-11-5-6-14(7-12(11)2)20-10-13(8-15(20)21)19-17(22)18-9-16(23-3)24-4/h5-7,13,16H,8-10H2,1-4H3,(H2,18,19,22)/t13-/m0/s1. The maximum atomic E-state index is 12.2. The number of hydrogen-bond donors (Lipinski definition) is 2. The van der Waals surface area contributed by atoms with Crippen molar-refractivity contribution in [3.63, 3.8) is 0 Å². The third-order valence-electron chi connectivity index (χ3n) is 4.22. The molecule has 0 aromatic heterocycles. The SMILES string of the molecule is COC(CNC(=O)N[C@H]1CC(=O)N(c2ccc(C)c(C)c2)C1)OC. The number of carbonyl (C=O) groups excluding carboxylic acids is 2. The Bertz CT molecular complexity index is 601. The first kappa shape index (κ1) is 18.2. The number of ether oxygens (including phenoxy) is 2. The van der Waals surface area contributed by atoms with Crippen LogP contribution in [0.1, 0.15) is 17.5 Å². The van der Waals surface area contributed by atoms with Gasteiger partial charge in [-0.3, -0.25) is 4.79 Å². The van der Waals surface area contributed by atoms with Crippen LogP contribution in [0, 0.1) is 13.8 Å². The molecule has 1 atom stereocenters. The first-order valence-corrected chi connectivity index (χ1v) is 7.92. The topological polar surface area (TPSA) is 79.9 Å². The number of hydrogen-bond acceptors (Lipinski definition) is 4. The summed E-state index contributed by atoms with van der Waals surface area (Å²) in [5.74, 6) is 0.00946. The first-order valence-electron chi connectivity index (χ1n) is 7.92. The molecule has 2 N–H and O–H groups in total. The molecule has 2 rings (SSSR count). The van der Waals surface area contributed by atoms with Gasteiger partial charge in [-0.1, -0.05) is 6.07 Å². The molecule has 7 nitrogen and oxygen atoms in total. The second kappa shape index (κ2) is 8.12. The third-order valence-corrected chi connectivity index (χ3v) is 4.22. The number of aryl methyl sites for hydroxylation is 2. The van der Waals surface area contributed by atoms with Gasteiger partial charge in [-0.05, 0) is 37.1 Å². The van der Waals surface area contributed by atoms with Gasteiger partial charge in [0.05, 0.1) is 12.6 Å². The summed E-state index contributed by atoms with van der Waals surface area (Å²) in [6.07, 6.45) is -0.203. The molecule has 1 heterocycles. The van der Waals surface area contributed by atoms with Crippen LogP contribution < -0.4 is 15.5 Å². The van der Waals surface area contributed by atoms with Gasteiger partial charge >= 0.3 is 6.03 Å². The Morgan fingerprint density at radius 1 is 1.29 bits per heavy atom. The molecule has 132 valence electrons. The zero-order valence-electron chi connectivity index (χ0n) is 14.6. The largest absolute Gasteiger partial charge is 0.354 e. The Balaban J connectivity index is 1.90. The number of anilines is 1. The van der Waals surface area contributed by atoms with E-state index in [1.54, 1.807) is 4.90 Å². The number of benzene rings is 1. The molecule has 3 amide bonds. The highest BCUT2D eigenvalue weighted by Crippen LogP contribution is 2.24. The predicted octanol–water partition coefficient (Wildman–Crippen LogP) is 1.33. The smallest absolute Gasteiger partial charge is 0.315 e. The van der Waals surface area contributed by atoms with E-state index in [0.29, 0.717) is 13.0 Å². The van der Waals surface area contributed by atoms with Gasteiger partial charge in [-0.25, -0.2) is 4.79 Å². The molecule has 1 fully saturated rings. The van der Waals surface area contributed by atoms with Crippen molar-refractivity contribution in [2.75, 3.05) is 32.2 Å².